The molecule has 1 atom stereocenters. The number of hydrogen-bond donors (Lipinski definition) is 1. The Kier molecular flexibility index (Phi) is 5.23. The highest BCUT2D eigenvalue weighted by atomic mass is 16.5. The van der Waals surface area contributed by atoms with Crippen molar-refractivity contribution >= 4 is 34.8 Å². The van der Waals surface area contributed by atoms with E-state index in [2.05, 4.69) is 22.1 Å². The monoisotopic (exact) mass is 435 g/mol. The van der Waals surface area contributed by atoms with Crippen LogP contribution in [-0.2, 0) is 11.2 Å². The molecule has 1 unspecified atom stereocenters. The van der Waals surface area contributed by atoms with E-state index in [0.29, 0.717) is 36.3 Å². The van der Waals surface area contributed by atoms with E-state index < -0.39 is 0 Å². The summed E-state index contributed by atoms with van der Waals surface area (Å²) in [6.07, 6.45) is 7.69. The van der Waals surface area contributed by atoms with E-state index in [1.165, 1.54) is 12.8 Å². The van der Waals surface area contributed by atoms with Crippen LogP contribution in [-0.4, -0.2) is 47.4 Å². The van der Waals surface area contributed by atoms with Gasteiger partial charge in [-0.25, -0.2) is 4.98 Å². The molecule has 5 rings (SSSR count). The molecule has 0 radical (unpaired) electrons. The molecule has 1 amide bonds. The largest absolute Gasteiger partial charge is 0.491 e. The first-order chi connectivity index (χ1) is 15.5. The number of Topliss-reactive ketones (excluding diaryl/α,β-unsaturated/α-hetero) is 1. The van der Waals surface area contributed by atoms with Gasteiger partial charge >= 0.3 is 0 Å². The molecule has 32 heavy (non-hydrogen) atoms. The molecular formula is C24H29N5O3. The van der Waals surface area contributed by atoms with Crippen LogP contribution in [0.1, 0.15) is 61.9 Å². The summed E-state index contributed by atoms with van der Waals surface area (Å²) < 4.78 is 5.84. The fourth-order valence-corrected chi connectivity index (χ4v) is 5.29. The number of anilines is 4. The fourth-order valence-electron chi connectivity index (χ4n) is 5.29. The summed E-state index contributed by atoms with van der Waals surface area (Å²) in [5.74, 6) is 2.10. The van der Waals surface area contributed by atoms with Crippen molar-refractivity contribution in [2.24, 2.45) is 0 Å². The number of aromatic nitrogens is 2. The minimum Gasteiger partial charge on any atom is -0.491 e. The molecule has 2 aromatic rings. The van der Waals surface area contributed by atoms with E-state index in [1.807, 2.05) is 12.1 Å². The minimum atomic E-state index is -0.208. The second-order valence-electron chi connectivity index (χ2n) is 8.82. The van der Waals surface area contributed by atoms with Crippen molar-refractivity contribution in [2.45, 2.75) is 64.5 Å². The number of fused-ring (bicyclic) bond motifs is 2. The van der Waals surface area contributed by atoms with Crippen LogP contribution in [0.4, 0.5) is 23.1 Å². The summed E-state index contributed by atoms with van der Waals surface area (Å²) in [5.41, 5.74) is 3.13. The van der Waals surface area contributed by atoms with E-state index in [1.54, 1.807) is 25.1 Å². The van der Waals surface area contributed by atoms with E-state index in [-0.39, 0.29) is 17.7 Å². The van der Waals surface area contributed by atoms with Crippen LogP contribution in [0, 0.1) is 0 Å². The van der Waals surface area contributed by atoms with Crippen molar-refractivity contribution in [1.29, 1.82) is 0 Å². The second kappa shape index (κ2) is 8.07. The number of benzene rings is 1. The highest BCUT2D eigenvalue weighted by Crippen LogP contribution is 2.41. The third-order valence-corrected chi connectivity index (χ3v) is 6.90. The number of hydrogen-bond acceptors (Lipinski definition) is 7. The molecule has 8 nitrogen and oxygen atoms in total. The molecule has 1 aromatic heterocycles. The van der Waals surface area contributed by atoms with Crippen LogP contribution in [0.25, 0.3) is 0 Å². The van der Waals surface area contributed by atoms with Gasteiger partial charge in [-0.3, -0.25) is 9.59 Å². The molecule has 1 fully saturated rings. The molecule has 1 saturated carbocycles. The molecular weight excluding hydrogens is 406 g/mol. The number of nitrogens with zero attached hydrogens (tertiary/aromatic N) is 4. The lowest BCUT2D eigenvalue weighted by molar-refractivity contribution is -0.120. The normalized spacial score (nSPS) is 20.2. The summed E-state index contributed by atoms with van der Waals surface area (Å²) in [6, 6.07) is 3.80. The lowest BCUT2D eigenvalue weighted by Gasteiger charge is -2.43. The molecule has 3 heterocycles. The van der Waals surface area contributed by atoms with Crippen molar-refractivity contribution < 1.29 is 14.3 Å². The van der Waals surface area contributed by atoms with E-state index in [4.69, 9.17) is 9.72 Å². The predicted molar refractivity (Wildman–Crippen MR) is 123 cm³/mol. The Labute approximate surface area is 188 Å². The SMILES string of the molecule is CCC1C(=O)N(C)c2cnc(Nc3ccc(C(C)=O)c4c3OCC4)nc2N1C1CCCC1. The van der Waals surface area contributed by atoms with Crippen LogP contribution in [0.5, 0.6) is 5.75 Å². The number of nitrogens with one attached hydrogen (secondary N) is 1. The average Bonchev–Trinajstić information content (AvgIpc) is 3.48. The van der Waals surface area contributed by atoms with Gasteiger partial charge in [0.2, 0.25) is 11.9 Å². The first-order valence-corrected chi connectivity index (χ1v) is 11.5. The molecule has 3 aliphatic rings. The summed E-state index contributed by atoms with van der Waals surface area (Å²) in [5, 5.41) is 3.30. The average molecular weight is 436 g/mol. The Morgan fingerprint density at radius 1 is 1.28 bits per heavy atom. The van der Waals surface area contributed by atoms with Gasteiger partial charge in [-0.15, -0.1) is 0 Å². The van der Waals surface area contributed by atoms with E-state index >= 15 is 0 Å². The van der Waals surface area contributed by atoms with Gasteiger partial charge in [-0.1, -0.05) is 19.8 Å². The number of ketones is 1. The molecule has 0 bridgehead atoms. The summed E-state index contributed by atoms with van der Waals surface area (Å²) in [4.78, 5) is 38.3. The quantitative estimate of drug-likeness (QED) is 0.714. The summed E-state index contributed by atoms with van der Waals surface area (Å²) in [7, 11) is 1.80. The van der Waals surface area contributed by atoms with Crippen molar-refractivity contribution in [1.82, 2.24) is 9.97 Å². The molecule has 8 heteroatoms. The molecule has 0 spiro atoms. The van der Waals surface area contributed by atoms with Crippen LogP contribution >= 0.6 is 0 Å². The Balaban J connectivity index is 1.53. The second-order valence-corrected chi connectivity index (χ2v) is 8.82. The van der Waals surface area contributed by atoms with Crippen molar-refractivity contribution in [3.05, 3.63) is 29.5 Å². The van der Waals surface area contributed by atoms with Gasteiger partial charge in [0.25, 0.3) is 0 Å². The maximum Gasteiger partial charge on any atom is 0.249 e. The third-order valence-electron chi connectivity index (χ3n) is 6.90. The predicted octanol–water partition coefficient (Wildman–Crippen LogP) is 3.86. The fraction of sp³-hybridized carbons (Fsp3) is 0.500. The number of rotatable bonds is 5. The maximum atomic E-state index is 13.0. The topological polar surface area (TPSA) is 87.7 Å². The standard InChI is InChI=1S/C24H29N5O3/c1-4-19-23(31)28(3)20-13-25-24(27-22(20)29(19)15-7-5-6-8-15)26-18-10-9-16(14(2)30)17-11-12-32-21(17)18/h9-10,13,15,19H,4-8,11-12H2,1-3H3,(H,25,26,27). The molecule has 1 aliphatic carbocycles. The number of amides is 1. The smallest absolute Gasteiger partial charge is 0.249 e. The summed E-state index contributed by atoms with van der Waals surface area (Å²) >= 11 is 0. The van der Waals surface area contributed by atoms with Crippen LogP contribution < -0.4 is 19.9 Å². The molecule has 1 N–H and O–H groups in total. The molecule has 0 saturated heterocycles. The molecule has 168 valence electrons. The lowest BCUT2D eigenvalue weighted by atomic mass is 10.0. The maximum absolute atomic E-state index is 13.0. The number of ether oxygens (including phenoxy) is 1. The van der Waals surface area contributed by atoms with Gasteiger partial charge < -0.3 is 19.9 Å². The van der Waals surface area contributed by atoms with Gasteiger partial charge in [-0.2, -0.15) is 4.98 Å². The van der Waals surface area contributed by atoms with Gasteiger partial charge in [0.1, 0.15) is 17.5 Å². The zero-order chi connectivity index (χ0) is 22.4. The van der Waals surface area contributed by atoms with Crippen molar-refractivity contribution in [2.75, 3.05) is 28.8 Å². The summed E-state index contributed by atoms with van der Waals surface area (Å²) in [6.45, 7) is 4.19. The van der Waals surface area contributed by atoms with Crippen LogP contribution in [0.2, 0.25) is 0 Å². The Morgan fingerprint density at radius 3 is 2.78 bits per heavy atom. The van der Waals surface area contributed by atoms with E-state index in [9.17, 15) is 9.59 Å². The zero-order valence-electron chi connectivity index (χ0n) is 18.9. The number of likely N-dealkylation sites (N-methyl/N-ethyl adjacent to an activating group) is 1. The van der Waals surface area contributed by atoms with E-state index in [0.717, 1.165) is 42.0 Å². The van der Waals surface area contributed by atoms with Crippen LogP contribution in [0.15, 0.2) is 18.3 Å². The lowest BCUT2D eigenvalue weighted by Crippen LogP contribution is -2.55. The van der Waals surface area contributed by atoms with Gasteiger partial charge in [0.05, 0.1) is 18.5 Å². The third kappa shape index (κ3) is 3.29. The zero-order valence-corrected chi connectivity index (χ0v) is 18.9. The Morgan fingerprint density at radius 2 is 2.06 bits per heavy atom. The van der Waals surface area contributed by atoms with Gasteiger partial charge in [0.15, 0.2) is 11.6 Å². The minimum absolute atomic E-state index is 0.0360. The van der Waals surface area contributed by atoms with Crippen LogP contribution in [0.3, 0.4) is 0 Å². The first kappa shape index (κ1) is 20.7. The van der Waals surface area contributed by atoms with Crippen molar-refractivity contribution in [3.8, 4) is 5.75 Å². The van der Waals surface area contributed by atoms with Gasteiger partial charge in [0, 0.05) is 30.6 Å². The number of carbonyl (C=O) groups is 2. The van der Waals surface area contributed by atoms with Crippen molar-refractivity contribution in [3.63, 3.8) is 0 Å². The Hall–Kier alpha value is -3.16. The highest BCUT2D eigenvalue weighted by Gasteiger charge is 2.41. The molecule has 1 aromatic carbocycles. The highest BCUT2D eigenvalue weighted by molar-refractivity contribution is 6.04. The molecule has 2 aliphatic heterocycles. The van der Waals surface area contributed by atoms with Gasteiger partial charge in [-0.05, 0) is 38.3 Å². The Bertz CT molecular complexity index is 1080. The first-order valence-electron chi connectivity index (χ1n) is 11.5. The number of carbonyl (C=O) groups excluding carboxylic acids is 2.